The van der Waals surface area contributed by atoms with Crippen LogP contribution < -0.4 is 0 Å². The van der Waals surface area contributed by atoms with Gasteiger partial charge in [-0.25, -0.2) is 9.97 Å². The molecule has 0 saturated heterocycles. The van der Waals surface area contributed by atoms with Gasteiger partial charge in [-0.2, -0.15) is 18.3 Å². The quantitative estimate of drug-likeness (QED) is 0.463. The summed E-state index contributed by atoms with van der Waals surface area (Å²) in [5, 5.41) is 16.3. The standard InChI is InChI=1S/C23H18Cl2F3N5O2/c24-15-7-5-14(6-8-15)22-31-33(21(12-34)32(22)11-20(35)23(26,27)28)10-16-9-19(30-13-29-16)17-3-1-2-4-18(17)25/h1-9,12-13,20-21,35H,10-11H2/t20-,21?/m0/s1. The van der Waals surface area contributed by atoms with E-state index < -0.39 is 25.0 Å². The molecule has 0 fully saturated rings. The highest BCUT2D eigenvalue weighted by molar-refractivity contribution is 6.33. The zero-order valence-corrected chi connectivity index (χ0v) is 19.4. The molecule has 4 rings (SSSR count). The summed E-state index contributed by atoms with van der Waals surface area (Å²) in [6, 6.07) is 15.0. The van der Waals surface area contributed by atoms with Crippen molar-refractivity contribution in [2.75, 3.05) is 6.54 Å². The van der Waals surface area contributed by atoms with Crippen LogP contribution in [0.1, 0.15) is 11.3 Å². The van der Waals surface area contributed by atoms with Gasteiger partial charge in [-0.15, -0.1) is 0 Å². The summed E-state index contributed by atoms with van der Waals surface area (Å²) in [5.74, 6) is 0.0856. The number of hydrogen-bond acceptors (Lipinski definition) is 7. The van der Waals surface area contributed by atoms with E-state index in [4.69, 9.17) is 23.2 Å². The van der Waals surface area contributed by atoms with E-state index in [1.165, 1.54) is 11.3 Å². The van der Waals surface area contributed by atoms with Gasteiger partial charge in [-0.05, 0) is 36.4 Å². The maximum absolute atomic E-state index is 13.1. The van der Waals surface area contributed by atoms with Gasteiger partial charge in [0, 0.05) is 21.2 Å². The van der Waals surface area contributed by atoms with Crippen molar-refractivity contribution in [1.82, 2.24) is 19.9 Å². The van der Waals surface area contributed by atoms with Crippen LogP contribution in [0.25, 0.3) is 11.3 Å². The number of aldehydes is 1. The normalized spacial score (nSPS) is 16.9. The lowest BCUT2D eigenvalue weighted by molar-refractivity contribution is -0.207. The first-order chi connectivity index (χ1) is 16.7. The van der Waals surface area contributed by atoms with E-state index in [1.807, 2.05) is 0 Å². The van der Waals surface area contributed by atoms with Gasteiger partial charge in [0.15, 0.2) is 24.4 Å². The summed E-state index contributed by atoms with van der Waals surface area (Å²) in [4.78, 5) is 21.6. The van der Waals surface area contributed by atoms with Crippen LogP contribution in [0.5, 0.6) is 0 Å². The van der Waals surface area contributed by atoms with Crippen molar-refractivity contribution < 1.29 is 23.1 Å². The molecule has 12 heteroatoms. The van der Waals surface area contributed by atoms with Crippen molar-refractivity contribution in [2.45, 2.75) is 25.0 Å². The summed E-state index contributed by atoms with van der Waals surface area (Å²) in [6.07, 6.45) is -6.98. The van der Waals surface area contributed by atoms with Crippen LogP contribution in [-0.2, 0) is 11.3 Å². The Balaban J connectivity index is 1.67. The molecule has 35 heavy (non-hydrogen) atoms. The second-order valence-corrected chi connectivity index (χ2v) is 8.51. The minimum Gasteiger partial charge on any atom is -0.382 e. The summed E-state index contributed by atoms with van der Waals surface area (Å²) in [6.45, 7) is -0.904. The molecule has 0 aliphatic carbocycles. The SMILES string of the molecule is O=CC1N(Cc2cc(-c3ccccc3Cl)ncn2)N=C(c2ccc(Cl)cc2)N1C[C@H](O)C(F)(F)F. The number of rotatable bonds is 7. The van der Waals surface area contributed by atoms with Crippen molar-refractivity contribution in [3.8, 4) is 11.3 Å². The van der Waals surface area contributed by atoms with Gasteiger partial charge in [-0.1, -0.05) is 41.4 Å². The fourth-order valence-corrected chi connectivity index (χ4v) is 3.93. The van der Waals surface area contributed by atoms with Crippen molar-refractivity contribution in [3.05, 3.63) is 82.2 Å². The van der Waals surface area contributed by atoms with Gasteiger partial charge in [0.1, 0.15) is 6.33 Å². The number of hydrazone groups is 1. The van der Waals surface area contributed by atoms with E-state index in [1.54, 1.807) is 54.6 Å². The summed E-state index contributed by atoms with van der Waals surface area (Å²) >= 11 is 12.2. The van der Waals surface area contributed by atoms with Gasteiger partial charge in [-0.3, -0.25) is 9.80 Å². The van der Waals surface area contributed by atoms with Crippen LogP contribution in [0.15, 0.2) is 66.0 Å². The largest absolute Gasteiger partial charge is 0.416 e. The lowest BCUT2D eigenvalue weighted by atomic mass is 10.1. The number of halogens is 5. The number of benzene rings is 2. The summed E-state index contributed by atoms with van der Waals surface area (Å²) in [5.41, 5.74) is 2.09. The number of nitrogens with zero attached hydrogens (tertiary/aromatic N) is 5. The monoisotopic (exact) mass is 523 g/mol. The van der Waals surface area contributed by atoms with Gasteiger partial charge < -0.3 is 10.0 Å². The molecule has 1 aliphatic rings. The second kappa shape index (κ2) is 10.2. The van der Waals surface area contributed by atoms with E-state index in [0.717, 1.165) is 4.90 Å². The van der Waals surface area contributed by atoms with Crippen LogP contribution >= 0.6 is 23.2 Å². The van der Waals surface area contributed by atoms with Gasteiger partial charge in [0.2, 0.25) is 0 Å². The Morgan fingerprint density at radius 1 is 1.09 bits per heavy atom. The van der Waals surface area contributed by atoms with Gasteiger partial charge >= 0.3 is 6.18 Å². The van der Waals surface area contributed by atoms with Crippen LogP contribution in [-0.4, -0.2) is 62.1 Å². The number of hydrogen-bond donors (Lipinski definition) is 1. The highest BCUT2D eigenvalue weighted by Crippen LogP contribution is 2.29. The Morgan fingerprint density at radius 2 is 1.80 bits per heavy atom. The molecule has 2 atom stereocenters. The Labute approximate surface area is 208 Å². The first-order valence-corrected chi connectivity index (χ1v) is 11.1. The molecule has 182 valence electrons. The molecule has 0 radical (unpaired) electrons. The van der Waals surface area contributed by atoms with E-state index in [0.29, 0.717) is 38.8 Å². The van der Waals surface area contributed by atoms with Crippen molar-refractivity contribution >= 4 is 35.3 Å². The molecule has 0 spiro atoms. The summed E-state index contributed by atoms with van der Waals surface area (Å²) < 4.78 is 39.4. The van der Waals surface area contributed by atoms with Crippen LogP contribution in [0, 0.1) is 0 Å². The molecular weight excluding hydrogens is 506 g/mol. The molecule has 0 amide bonds. The minimum atomic E-state index is -4.87. The Kier molecular flexibility index (Phi) is 7.25. The molecule has 2 aromatic carbocycles. The third-order valence-corrected chi connectivity index (χ3v) is 5.87. The van der Waals surface area contributed by atoms with Gasteiger partial charge in [0.05, 0.1) is 24.5 Å². The van der Waals surface area contributed by atoms with Crippen molar-refractivity contribution in [1.29, 1.82) is 0 Å². The third-order valence-electron chi connectivity index (χ3n) is 5.29. The fourth-order valence-electron chi connectivity index (χ4n) is 3.57. The van der Waals surface area contributed by atoms with E-state index in [9.17, 15) is 23.1 Å². The number of carbonyl (C=O) groups is 1. The number of β-amino-alcohol motifs (C(OH)–C–C–N with tert-alkyl or cyclic N) is 1. The molecule has 3 aromatic rings. The average Bonchev–Trinajstić information content (AvgIpc) is 3.16. The second-order valence-electron chi connectivity index (χ2n) is 7.66. The summed E-state index contributed by atoms with van der Waals surface area (Å²) in [7, 11) is 0. The predicted octanol–water partition coefficient (Wildman–Crippen LogP) is 4.38. The molecule has 1 unspecified atom stereocenters. The van der Waals surface area contributed by atoms with Crippen LogP contribution in [0.4, 0.5) is 13.2 Å². The highest BCUT2D eigenvalue weighted by Gasteiger charge is 2.44. The number of aliphatic hydroxyl groups excluding tert-OH is 1. The topological polar surface area (TPSA) is 81.9 Å². The molecule has 7 nitrogen and oxygen atoms in total. The number of aliphatic hydroxyl groups is 1. The molecule has 0 saturated carbocycles. The number of aromatic nitrogens is 2. The number of carbonyl (C=O) groups excluding carboxylic acids is 1. The van der Waals surface area contributed by atoms with Crippen molar-refractivity contribution in [3.63, 3.8) is 0 Å². The molecule has 1 N–H and O–H groups in total. The zero-order valence-electron chi connectivity index (χ0n) is 17.9. The molecular formula is C23H18Cl2F3N5O2. The first-order valence-electron chi connectivity index (χ1n) is 10.3. The smallest absolute Gasteiger partial charge is 0.382 e. The third kappa shape index (κ3) is 5.55. The molecule has 0 bridgehead atoms. The average molecular weight is 524 g/mol. The Morgan fingerprint density at radius 3 is 2.46 bits per heavy atom. The lowest BCUT2D eigenvalue weighted by Crippen LogP contribution is -2.49. The lowest BCUT2D eigenvalue weighted by Gasteiger charge is -2.30. The van der Waals surface area contributed by atoms with E-state index in [-0.39, 0.29) is 12.4 Å². The maximum Gasteiger partial charge on any atom is 0.416 e. The zero-order chi connectivity index (χ0) is 25.2. The Bertz CT molecular complexity index is 1240. The van der Waals surface area contributed by atoms with Crippen LogP contribution in [0.3, 0.4) is 0 Å². The van der Waals surface area contributed by atoms with Crippen LogP contribution in [0.2, 0.25) is 10.0 Å². The first kappa shape index (κ1) is 24.9. The van der Waals surface area contributed by atoms with Gasteiger partial charge in [0.25, 0.3) is 0 Å². The highest BCUT2D eigenvalue weighted by atomic mass is 35.5. The maximum atomic E-state index is 13.1. The number of alkyl halides is 3. The fraction of sp³-hybridized carbons (Fsp3) is 0.217. The Hall–Kier alpha value is -3.21. The molecule has 2 heterocycles. The minimum absolute atomic E-state index is 0.0148. The molecule has 1 aliphatic heterocycles. The van der Waals surface area contributed by atoms with E-state index in [2.05, 4.69) is 15.1 Å². The predicted molar refractivity (Wildman–Crippen MR) is 125 cm³/mol. The molecule has 1 aromatic heterocycles. The van der Waals surface area contributed by atoms with E-state index >= 15 is 0 Å². The van der Waals surface area contributed by atoms with Crippen molar-refractivity contribution in [2.24, 2.45) is 5.10 Å². The number of amidine groups is 1.